The van der Waals surface area contributed by atoms with Crippen LogP contribution >= 0.6 is 23.2 Å². The molecule has 2 N–H and O–H groups in total. The predicted octanol–water partition coefficient (Wildman–Crippen LogP) is 4.11. The Morgan fingerprint density at radius 3 is 2.56 bits per heavy atom. The highest BCUT2D eigenvalue weighted by Crippen LogP contribution is 2.21. The molecule has 1 aromatic carbocycles. The summed E-state index contributed by atoms with van der Waals surface area (Å²) in [4.78, 5) is 20.6. The van der Waals surface area contributed by atoms with Crippen molar-refractivity contribution in [1.29, 1.82) is 0 Å². The van der Waals surface area contributed by atoms with E-state index in [1.807, 2.05) is 6.07 Å². The van der Waals surface area contributed by atoms with E-state index in [1.165, 1.54) is 12.8 Å². The number of amides is 1. The number of aromatic nitrogens is 2. The third-order valence-electron chi connectivity index (χ3n) is 4.30. The molecule has 0 bridgehead atoms. The SMILES string of the molecule is O=C(NCCc1ccc(Cl)cc1Cl)c1cnc(NC2CCCC2)nc1. The van der Waals surface area contributed by atoms with Crippen LogP contribution in [0, 0.1) is 0 Å². The van der Waals surface area contributed by atoms with E-state index in [2.05, 4.69) is 20.6 Å². The molecule has 7 heteroatoms. The van der Waals surface area contributed by atoms with Crippen molar-refractivity contribution in [2.24, 2.45) is 0 Å². The monoisotopic (exact) mass is 378 g/mol. The summed E-state index contributed by atoms with van der Waals surface area (Å²) in [7, 11) is 0. The first kappa shape index (κ1) is 18.0. The van der Waals surface area contributed by atoms with Gasteiger partial charge in [0.05, 0.1) is 5.56 Å². The highest BCUT2D eigenvalue weighted by molar-refractivity contribution is 6.35. The van der Waals surface area contributed by atoms with E-state index in [1.54, 1.807) is 24.5 Å². The van der Waals surface area contributed by atoms with Crippen molar-refractivity contribution in [3.8, 4) is 0 Å². The van der Waals surface area contributed by atoms with Gasteiger partial charge < -0.3 is 10.6 Å². The molecule has 0 radical (unpaired) electrons. The van der Waals surface area contributed by atoms with Crippen LogP contribution in [0.15, 0.2) is 30.6 Å². The first-order valence-corrected chi connectivity index (χ1v) is 9.18. The van der Waals surface area contributed by atoms with E-state index >= 15 is 0 Å². The standard InChI is InChI=1S/C18H20Cl2N4O/c19-14-6-5-12(16(20)9-14)7-8-21-17(25)13-10-22-18(23-11-13)24-15-3-1-2-4-15/h5-6,9-11,15H,1-4,7-8H2,(H,21,25)(H,22,23,24). The maximum Gasteiger partial charge on any atom is 0.254 e. The van der Waals surface area contributed by atoms with Gasteiger partial charge in [-0.15, -0.1) is 0 Å². The molecule has 0 aliphatic heterocycles. The zero-order chi connectivity index (χ0) is 17.6. The van der Waals surface area contributed by atoms with Crippen LogP contribution in [-0.2, 0) is 6.42 Å². The first-order chi connectivity index (χ1) is 12.1. The maximum absolute atomic E-state index is 12.2. The van der Waals surface area contributed by atoms with Crippen molar-refractivity contribution in [2.45, 2.75) is 38.1 Å². The summed E-state index contributed by atoms with van der Waals surface area (Å²) in [5.74, 6) is 0.383. The second-order valence-corrected chi connectivity index (χ2v) is 7.01. The van der Waals surface area contributed by atoms with Gasteiger partial charge in [-0.1, -0.05) is 42.1 Å². The summed E-state index contributed by atoms with van der Waals surface area (Å²) in [6, 6.07) is 5.80. The van der Waals surface area contributed by atoms with Crippen LogP contribution in [0.1, 0.15) is 41.6 Å². The van der Waals surface area contributed by atoms with Gasteiger partial charge >= 0.3 is 0 Å². The fourth-order valence-corrected chi connectivity index (χ4v) is 3.41. The number of hydrogen-bond acceptors (Lipinski definition) is 4. The molecule has 0 unspecified atom stereocenters. The minimum absolute atomic E-state index is 0.197. The molecule has 0 atom stereocenters. The maximum atomic E-state index is 12.2. The lowest BCUT2D eigenvalue weighted by Crippen LogP contribution is -2.26. The van der Waals surface area contributed by atoms with E-state index in [4.69, 9.17) is 23.2 Å². The smallest absolute Gasteiger partial charge is 0.254 e. The van der Waals surface area contributed by atoms with Gasteiger partial charge in [-0.3, -0.25) is 4.79 Å². The van der Waals surface area contributed by atoms with Crippen LogP contribution in [-0.4, -0.2) is 28.5 Å². The Morgan fingerprint density at radius 1 is 1.16 bits per heavy atom. The minimum Gasteiger partial charge on any atom is -0.352 e. The second-order valence-electron chi connectivity index (χ2n) is 6.16. The second kappa shape index (κ2) is 8.50. The van der Waals surface area contributed by atoms with Gasteiger partial charge in [-0.2, -0.15) is 0 Å². The van der Waals surface area contributed by atoms with Crippen LogP contribution in [0.3, 0.4) is 0 Å². The lowest BCUT2D eigenvalue weighted by Gasteiger charge is -2.11. The highest BCUT2D eigenvalue weighted by atomic mass is 35.5. The van der Waals surface area contributed by atoms with E-state index in [0.29, 0.717) is 40.6 Å². The molecule has 25 heavy (non-hydrogen) atoms. The fraction of sp³-hybridized carbons (Fsp3) is 0.389. The molecule has 1 aromatic heterocycles. The summed E-state index contributed by atoms with van der Waals surface area (Å²) in [5.41, 5.74) is 1.39. The van der Waals surface area contributed by atoms with Gasteiger partial charge in [0.2, 0.25) is 5.95 Å². The van der Waals surface area contributed by atoms with Crippen molar-refractivity contribution < 1.29 is 4.79 Å². The van der Waals surface area contributed by atoms with Crippen LogP contribution in [0.5, 0.6) is 0 Å². The van der Waals surface area contributed by atoms with Crippen molar-refractivity contribution in [3.63, 3.8) is 0 Å². The number of hydrogen-bond donors (Lipinski definition) is 2. The quantitative estimate of drug-likeness (QED) is 0.793. The topological polar surface area (TPSA) is 66.9 Å². The molecule has 1 aliphatic carbocycles. The summed E-state index contributed by atoms with van der Waals surface area (Å²) in [6.07, 6.45) is 8.52. The molecule has 5 nitrogen and oxygen atoms in total. The largest absolute Gasteiger partial charge is 0.352 e. The van der Waals surface area contributed by atoms with Crippen molar-refractivity contribution >= 4 is 35.1 Å². The van der Waals surface area contributed by atoms with Crippen molar-refractivity contribution in [1.82, 2.24) is 15.3 Å². The molecule has 1 fully saturated rings. The molecule has 1 saturated carbocycles. The van der Waals surface area contributed by atoms with Crippen molar-refractivity contribution in [3.05, 3.63) is 51.8 Å². The number of benzene rings is 1. The average Bonchev–Trinajstić information content (AvgIpc) is 3.10. The van der Waals surface area contributed by atoms with Crippen LogP contribution < -0.4 is 10.6 Å². The van der Waals surface area contributed by atoms with Gasteiger partial charge in [0.25, 0.3) is 5.91 Å². The summed E-state index contributed by atoms with van der Waals surface area (Å²) < 4.78 is 0. The van der Waals surface area contributed by atoms with Crippen LogP contribution in [0.4, 0.5) is 5.95 Å². The Bertz CT molecular complexity index is 730. The van der Waals surface area contributed by atoms with Crippen LogP contribution in [0.25, 0.3) is 0 Å². The zero-order valence-electron chi connectivity index (χ0n) is 13.8. The third kappa shape index (κ3) is 5.06. The molecule has 3 rings (SSSR count). The first-order valence-electron chi connectivity index (χ1n) is 8.42. The normalized spacial score (nSPS) is 14.5. The molecule has 0 spiro atoms. The van der Waals surface area contributed by atoms with E-state index in [0.717, 1.165) is 18.4 Å². The van der Waals surface area contributed by atoms with Crippen LogP contribution in [0.2, 0.25) is 10.0 Å². The zero-order valence-corrected chi connectivity index (χ0v) is 15.3. The minimum atomic E-state index is -0.197. The summed E-state index contributed by atoms with van der Waals surface area (Å²) in [5, 5.41) is 7.36. The number of nitrogens with one attached hydrogen (secondary N) is 2. The highest BCUT2D eigenvalue weighted by Gasteiger charge is 2.15. The van der Waals surface area contributed by atoms with E-state index in [9.17, 15) is 4.79 Å². The third-order valence-corrected chi connectivity index (χ3v) is 4.88. The lowest BCUT2D eigenvalue weighted by atomic mass is 10.1. The molecule has 0 saturated heterocycles. The fourth-order valence-electron chi connectivity index (χ4n) is 2.91. The number of nitrogens with zero attached hydrogens (tertiary/aromatic N) is 2. The number of rotatable bonds is 6. The number of carbonyl (C=O) groups excluding carboxylic acids is 1. The Hall–Kier alpha value is -1.85. The van der Waals surface area contributed by atoms with E-state index < -0.39 is 0 Å². The van der Waals surface area contributed by atoms with Gasteiger partial charge in [0, 0.05) is 35.0 Å². The molecular weight excluding hydrogens is 359 g/mol. The lowest BCUT2D eigenvalue weighted by molar-refractivity contribution is 0.0953. The number of halogens is 2. The molecule has 2 aromatic rings. The predicted molar refractivity (Wildman–Crippen MR) is 100 cm³/mol. The number of carbonyl (C=O) groups is 1. The Balaban J connectivity index is 1.49. The van der Waals surface area contributed by atoms with E-state index in [-0.39, 0.29) is 5.91 Å². The van der Waals surface area contributed by atoms with Gasteiger partial charge in [0.15, 0.2) is 0 Å². The molecule has 1 aliphatic rings. The molecular formula is C18H20Cl2N4O. The Labute approximate surface area is 157 Å². The Kier molecular flexibility index (Phi) is 6.10. The summed E-state index contributed by atoms with van der Waals surface area (Å²) in [6.45, 7) is 0.474. The van der Waals surface area contributed by atoms with Gasteiger partial charge in [-0.05, 0) is 37.0 Å². The van der Waals surface area contributed by atoms with Gasteiger partial charge in [0.1, 0.15) is 0 Å². The molecule has 132 valence electrons. The van der Waals surface area contributed by atoms with Crippen molar-refractivity contribution in [2.75, 3.05) is 11.9 Å². The molecule has 1 heterocycles. The summed E-state index contributed by atoms with van der Waals surface area (Å²) >= 11 is 12.0. The average molecular weight is 379 g/mol. The number of anilines is 1. The Morgan fingerprint density at radius 2 is 1.88 bits per heavy atom. The van der Waals surface area contributed by atoms with Gasteiger partial charge in [-0.25, -0.2) is 9.97 Å². The molecule has 1 amide bonds.